The molecular weight excluding hydrogens is 314 g/mol. The SMILES string of the molecule is CC[C@@H](C(=O)N1CCN(C)CC1)N(c1ccccc1)S(C)(=O)=O. The minimum atomic E-state index is -3.55. The maximum Gasteiger partial charge on any atom is 0.246 e. The minimum Gasteiger partial charge on any atom is -0.338 e. The monoisotopic (exact) mass is 339 g/mol. The van der Waals surface area contributed by atoms with Crippen LogP contribution in [0.1, 0.15) is 13.3 Å². The molecule has 7 heteroatoms. The summed E-state index contributed by atoms with van der Waals surface area (Å²) in [5.41, 5.74) is 0.532. The van der Waals surface area contributed by atoms with Crippen molar-refractivity contribution < 1.29 is 13.2 Å². The smallest absolute Gasteiger partial charge is 0.246 e. The van der Waals surface area contributed by atoms with Gasteiger partial charge in [0.1, 0.15) is 6.04 Å². The number of carbonyl (C=O) groups is 1. The fourth-order valence-electron chi connectivity index (χ4n) is 2.86. The van der Waals surface area contributed by atoms with Gasteiger partial charge in [0.2, 0.25) is 15.9 Å². The van der Waals surface area contributed by atoms with Crippen molar-refractivity contribution in [3.63, 3.8) is 0 Å². The van der Waals surface area contributed by atoms with Crippen molar-refractivity contribution in [1.29, 1.82) is 0 Å². The third-order valence-corrected chi connectivity index (χ3v) is 5.32. The fourth-order valence-corrected chi connectivity index (χ4v) is 4.06. The molecule has 0 bridgehead atoms. The van der Waals surface area contributed by atoms with Gasteiger partial charge >= 0.3 is 0 Å². The van der Waals surface area contributed by atoms with Crippen LogP contribution >= 0.6 is 0 Å². The van der Waals surface area contributed by atoms with Gasteiger partial charge in [-0.05, 0) is 25.6 Å². The van der Waals surface area contributed by atoms with E-state index in [0.717, 1.165) is 19.3 Å². The van der Waals surface area contributed by atoms with Crippen LogP contribution in [0.25, 0.3) is 0 Å². The van der Waals surface area contributed by atoms with Crippen molar-refractivity contribution in [2.75, 3.05) is 43.8 Å². The number of sulfonamides is 1. The molecule has 0 aliphatic carbocycles. The molecule has 0 unspecified atom stereocenters. The summed E-state index contributed by atoms with van der Waals surface area (Å²) in [6.45, 7) is 4.75. The highest BCUT2D eigenvalue weighted by atomic mass is 32.2. The van der Waals surface area contributed by atoms with E-state index >= 15 is 0 Å². The summed E-state index contributed by atoms with van der Waals surface area (Å²) in [4.78, 5) is 16.8. The zero-order chi connectivity index (χ0) is 17.0. The van der Waals surface area contributed by atoms with Gasteiger partial charge in [0.25, 0.3) is 0 Å². The molecule has 2 rings (SSSR count). The van der Waals surface area contributed by atoms with E-state index < -0.39 is 16.1 Å². The van der Waals surface area contributed by atoms with Gasteiger partial charge in [-0.3, -0.25) is 9.10 Å². The average molecular weight is 339 g/mol. The zero-order valence-corrected chi connectivity index (χ0v) is 14.8. The van der Waals surface area contributed by atoms with Crippen LogP contribution in [0.2, 0.25) is 0 Å². The van der Waals surface area contributed by atoms with E-state index in [1.807, 2.05) is 20.0 Å². The van der Waals surface area contributed by atoms with Gasteiger partial charge in [-0.25, -0.2) is 8.42 Å². The van der Waals surface area contributed by atoms with Gasteiger partial charge in [0.05, 0.1) is 11.9 Å². The number of amides is 1. The predicted octanol–water partition coefficient (Wildman–Crippen LogP) is 1.01. The van der Waals surface area contributed by atoms with E-state index in [1.165, 1.54) is 4.31 Å². The quantitative estimate of drug-likeness (QED) is 0.803. The number of anilines is 1. The summed E-state index contributed by atoms with van der Waals surface area (Å²) < 4.78 is 25.9. The van der Waals surface area contributed by atoms with Crippen molar-refractivity contribution in [3.8, 4) is 0 Å². The first kappa shape index (κ1) is 17.7. The summed E-state index contributed by atoms with van der Waals surface area (Å²) in [7, 11) is -1.53. The van der Waals surface area contributed by atoms with Crippen molar-refractivity contribution in [3.05, 3.63) is 30.3 Å². The Balaban J connectivity index is 2.30. The molecule has 0 spiro atoms. The molecule has 1 aliphatic rings. The molecular formula is C16H25N3O3S. The Bertz CT molecular complexity index is 625. The molecule has 1 saturated heterocycles. The molecule has 0 aromatic heterocycles. The van der Waals surface area contributed by atoms with Crippen molar-refractivity contribution in [2.24, 2.45) is 0 Å². The minimum absolute atomic E-state index is 0.116. The second kappa shape index (κ2) is 7.31. The molecule has 1 atom stereocenters. The van der Waals surface area contributed by atoms with E-state index in [-0.39, 0.29) is 5.91 Å². The zero-order valence-electron chi connectivity index (χ0n) is 14.0. The lowest BCUT2D eigenvalue weighted by molar-refractivity contribution is -0.134. The Kier molecular flexibility index (Phi) is 5.64. The number of piperazine rings is 1. The van der Waals surface area contributed by atoms with Crippen LogP contribution in [0.15, 0.2) is 30.3 Å². The number of hydrogen-bond acceptors (Lipinski definition) is 4. The van der Waals surface area contributed by atoms with Crippen LogP contribution in [0.5, 0.6) is 0 Å². The number of hydrogen-bond donors (Lipinski definition) is 0. The first-order valence-corrected chi connectivity index (χ1v) is 9.71. The first-order chi connectivity index (χ1) is 10.8. The molecule has 1 amide bonds. The highest BCUT2D eigenvalue weighted by molar-refractivity contribution is 7.92. The third kappa shape index (κ3) is 4.23. The molecule has 23 heavy (non-hydrogen) atoms. The molecule has 1 aliphatic heterocycles. The Morgan fingerprint density at radius 3 is 2.22 bits per heavy atom. The van der Waals surface area contributed by atoms with Gasteiger partial charge in [-0.2, -0.15) is 0 Å². The van der Waals surface area contributed by atoms with E-state index in [9.17, 15) is 13.2 Å². The highest BCUT2D eigenvalue weighted by Gasteiger charge is 2.34. The van der Waals surface area contributed by atoms with E-state index in [4.69, 9.17) is 0 Å². The van der Waals surface area contributed by atoms with E-state index in [1.54, 1.807) is 29.2 Å². The number of carbonyl (C=O) groups excluding carboxylic acids is 1. The largest absolute Gasteiger partial charge is 0.338 e. The number of para-hydroxylation sites is 1. The second-order valence-corrected chi connectivity index (χ2v) is 7.81. The highest BCUT2D eigenvalue weighted by Crippen LogP contribution is 2.23. The molecule has 0 radical (unpaired) electrons. The van der Waals surface area contributed by atoms with Crippen molar-refractivity contribution in [1.82, 2.24) is 9.80 Å². The molecule has 1 heterocycles. The van der Waals surface area contributed by atoms with E-state index in [2.05, 4.69) is 4.90 Å². The standard InChI is InChI=1S/C16H25N3O3S/c1-4-15(16(20)18-12-10-17(2)11-13-18)19(23(3,21)22)14-8-6-5-7-9-14/h5-9,15H,4,10-13H2,1-3H3/t15-/m0/s1. The predicted molar refractivity (Wildman–Crippen MR) is 91.9 cm³/mol. The summed E-state index contributed by atoms with van der Waals surface area (Å²) >= 11 is 0. The van der Waals surface area contributed by atoms with Crippen LogP contribution in [-0.2, 0) is 14.8 Å². The molecule has 0 saturated carbocycles. The summed E-state index contributed by atoms with van der Waals surface area (Å²) in [5.74, 6) is -0.116. The topological polar surface area (TPSA) is 60.9 Å². The molecule has 1 fully saturated rings. The van der Waals surface area contributed by atoms with Gasteiger partial charge in [-0.1, -0.05) is 25.1 Å². The van der Waals surface area contributed by atoms with Gasteiger partial charge < -0.3 is 9.80 Å². The van der Waals surface area contributed by atoms with Crippen LogP contribution in [0, 0.1) is 0 Å². The lowest BCUT2D eigenvalue weighted by Gasteiger charge is -2.37. The van der Waals surface area contributed by atoms with Crippen molar-refractivity contribution in [2.45, 2.75) is 19.4 Å². The third-order valence-electron chi connectivity index (χ3n) is 4.14. The maximum absolute atomic E-state index is 12.9. The number of likely N-dealkylation sites (N-methyl/N-ethyl adjacent to an activating group) is 1. The number of nitrogens with zero attached hydrogens (tertiary/aromatic N) is 3. The Morgan fingerprint density at radius 2 is 1.74 bits per heavy atom. The van der Waals surface area contributed by atoms with Gasteiger partial charge in [0, 0.05) is 26.2 Å². The average Bonchev–Trinajstić information content (AvgIpc) is 2.52. The number of benzene rings is 1. The lowest BCUT2D eigenvalue weighted by Crippen LogP contribution is -2.55. The normalized spacial score (nSPS) is 17.8. The van der Waals surface area contributed by atoms with Gasteiger partial charge in [-0.15, -0.1) is 0 Å². The fraction of sp³-hybridized carbons (Fsp3) is 0.562. The molecule has 1 aromatic carbocycles. The molecule has 128 valence electrons. The van der Waals surface area contributed by atoms with Crippen molar-refractivity contribution >= 4 is 21.6 Å². The first-order valence-electron chi connectivity index (χ1n) is 7.86. The summed E-state index contributed by atoms with van der Waals surface area (Å²) in [6, 6.07) is 8.13. The number of rotatable bonds is 5. The molecule has 0 N–H and O–H groups in total. The molecule has 6 nitrogen and oxygen atoms in total. The Labute approximate surface area is 138 Å². The summed E-state index contributed by atoms with van der Waals surface area (Å²) in [6.07, 6.45) is 1.59. The van der Waals surface area contributed by atoms with Crippen LogP contribution < -0.4 is 4.31 Å². The maximum atomic E-state index is 12.9. The van der Waals surface area contributed by atoms with Gasteiger partial charge in [0.15, 0.2) is 0 Å². The molecule has 1 aromatic rings. The lowest BCUT2D eigenvalue weighted by atomic mass is 10.1. The van der Waals surface area contributed by atoms with Crippen LogP contribution in [0.3, 0.4) is 0 Å². The summed E-state index contributed by atoms with van der Waals surface area (Å²) in [5, 5.41) is 0. The van der Waals surface area contributed by atoms with Crippen LogP contribution in [0.4, 0.5) is 5.69 Å². The second-order valence-electron chi connectivity index (χ2n) is 5.95. The van der Waals surface area contributed by atoms with E-state index in [0.29, 0.717) is 25.2 Å². The Morgan fingerprint density at radius 1 is 1.17 bits per heavy atom. The Hall–Kier alpha value is -1.60. The van der Waals surface area contributed by atoms with Crippen LogP contribution in [-0.4, -0.2) is 69.6 Å².